The molecule has 0 fully saturated rings. The second-order valence-corrected chi connectivity index (χ2v) is 7.69. The van der Waals surface area contributed by atoms with Gasteiger partial charge in [-0.2, -0.15) is 0 Å². The van der Waals surface area contributed by atoms with Crippen LogP contribution in [0.25, 0.3) is 21.8 Å². The lowest BCUT2D eigenvalue weighted by molar-refractivity contribution is 0.0601. The summed E-state index contributed by atoms with van der Waals surface area (Å²) in [5.41, 5.74) is 2.40. The normalized spacial score (nSPS) is 12.2. The van der Waals surface area contributed by atoms with E-state index < -0.39 is 6.10 Å². The molecule has 0 aliphatic heterocycles. The maximum absolute atomic E-state index is 12.0. The Balaban J connectivity index is 1.69. The van der Waals surface area contributed by atoms with Crippen LogP contribution >= 0.6 is 15.9 Å². The fourth-order valence-corrected chi connectivity index (χ4v) is 3.85. The smallest absolute Gasteiger partial charge is 0.337 e. The molecule has 0 saturated heterocycles. The highest BCUT2D eigenvalue weighted by Crippen LogP contribution is 2.32. The first-order chi connectivity index (χ1) is 14.1. The van der Waals surface area contributed by atoms with Gasteiger partial charge in [0, 0.05) is 26.3 Å². The van der Waals surface area contributed by atoms with Gasteiger partial charge in [-0.15, -0.1) is 0 Å². The molecule has 3 aromatic carbocycles. The van der Waals surface area contributed by atoms with Gasteiger partial charge >= 0.3 is 5.97 Å². The molecule has 1 N–H and O–H groups in total. The van der Waals surface area contributed by atoms with Gasteiger partial charge in [0.2, 0.25) is 0 Å². The van der Waals surface area contributed by atoms with Gasteiger partial charge in [0.15, 0.2) is 0 Å². The van der Waals surface area contributed by atoms with Crippen molar-refractivity contribution in [2.75, 3.05) is 13.7 Å². The molecular formula is C23H20BrNO4. The lowest BCUT2D eigenvalue weighted by Crippen LogP contribution is -2.23. The summed E-state index contributed by atoms with van der Waals surface area (Å²) in [6.07, 6.45) is -0.696. The third kappa shape index (κ3) is 3.99. The Morgan fingerprint density at radius 3 is 2.45 bits per heavy atom. The molecule has 29 heavy (non-hydrogen) atoms. The van der Waals surface area contributed by atoms with Crippen molar-refractivity contribution in [3.05, 3.63) is 76.8 Å². The maximum Gasteiger partial charge on any atom is 0.337 e. The van der Waals surface area contributed by atoms with Crippen LogP contribution < -0.4 is 4.74 Å². The van der Waals surface area contributed by atoms with Crippen molar-refractivity contribution >= 4 is 43.7 Å². The SMILES string of the molecule is COC(=O)c1ccc2c(c1)c1cc(Br)ccc1n2CC(O)COc1ccccc1. The predicted octanol–water partition coefficient (Wildman–Crippen LogP) is 4.78. The van der Waals surface area contributed by atoms with Crippen LogP contribution in [0.1, 0.15) is 10.4 Å². The van der Waals surface area contributed by atoms with E-state index in [1.165, 1.54) is 7.11 Å². The molecule has 0 bridgehead atoms. The van der Waals surface area contributed by atoms with Crippen LogP contribution in [0.5, 0.6) is 5.75 Å². The van der Waals surface area contributed by atoms with Crippen LogP contribution in [-0.4, -0.2) is 35.5 Å². The van der Waals surface area contributed by atoms with Crippen molar-refractivity contribution in [2.24, 2.45) is 0 Å². The summed E-state index contributed by atoms with van der Waals surface area (Å²) in [5.74, 6) is 0.347. The van der Waals surface area contributed by atoms with Crippen LogP contribution in [0.15, 0.2) is 71.2 Å². The fourth-order valence-electron chi connectivity index (χ4n) is 3.49. The van der Waals surface area contributed by atoms with Gasteiger partial charge in [-0.25, -0.2) is 4.79 Å². The molecule has 0 spiro atoms. The summed E-state index contributed by atoms with van der Waals surface area (Å²) >= 11 is 3.52. The highest BCUT2D eigenvalue weighted by molar-refractivity contribution is 9.10. The largest absolute Gasteiger partial charge is 0.491 e. The lowest BCUT2D eigenvalue weighted by atomic mass is 10.1. The molecule has 1 atom stereocenters. The van der Waals surface area contributed by atoms with Crippen LogP contribution in [-0.2, 0) is 11.3 Å². The molecular weight excluding hydrogens is 434 g/mol. The number of aliphatic hydroxyl groups is 1. The highest BCUT2D eigenvalue weighted by Gasteiger charge is 2.17. The number of esters is 1. The number of methoxy groups -OCH3 is 1. The predicted molar refractivity (Wildman–Crippen MR) is 116 cm³/mol. The highest BCUT2D eigenvalue weighted by atomic mass is 79.9. The fraction of sp³-hybridized carbons (Fsp3) is 0.174. The molecule has 6 heteroatoms. The van der Waals surface area contributed by atoms with E-state index in [4.69, 9.17) is 9.47 Å². The summed E-state index contributed by atoms with van der Waals surface area (Å²) in [6, 6.07) is 20.9. The number of aliphatic hydroxyl groups excluding tert-OH is 1. The van der Waals surface area contributed by atoms with Crippen LogP contribution in [0.4, 0.5) is 0 Å². The average molecular weight is 454 g/mol. The Bertz CT molecular complexity index is 1170. The first-order valence-electron chi connectivity index (χ1n) is 9.22. The molecule has 0 amide bonds. The minimum Gasteiger partial charge on any atom is -0.491 e. The Morgan fingerprint density at radius 2 is 1.72 bits per heavy atom. The van der Waals surface area contributed by atoms with Crippen molar-refractivity contribution < 1.29 is 19.4 Å². The second-order valence-electron chi connectivity index (χ2n) is 6.77. The van der Waals surface area contributed by atoms with Gasteiger partial charge in [-0.3, -0.25) is 0 Å². The summed E-state index contributed by atoms with van der Waals surface area (Å²) in [7, 11) is 1.37. The third-order valence-electron chi connectivity index (χ3n) is 4.83. The molecule has 4 aromatic rings. The zero-order chi connectivity index (χ0) is 20.4. The monoisotopic (exact) mass is 453 g/mol. The number of hydrogen-bond donors (Lipinski definition) is 1. The first kappa shape index (κ1) is 19.5. The van der Waals surface area contributed by atoms with E-state index in [2.05, 4.69) is 20.5 Å². The van der Waals surface area contributed by atoms with Crippen molar-refractivity contribution in [3.63, 3.8) is 0 Å². The standard InChI is InChI=1S/C23H20BrNO4/c1-28-23(27)15-7-9-21-19(11-15)20-12-16(24)8-10-22(20)25(21)13-17(26)14-29-18-5-3-2-4-6-18/h2-12,17,26H,13-14H2,1H3. The van der Waals surface area contributed by atoms with Crippen LogP contribution in [0.2, 0.25) is 0 Å². The number of nitrogens with zero attached hydrogens (tertiary/aromatic N) is 1. The van der Waals surface area contributed by atoms with Gasteiger partial charge < -0.3 is 19.1 Å². The van der Waals surface area contributed by atoms with Gasteiger partial charge in [0.05, 0.1) is 19.2 Å². The van der Waals surface area contributed by atoms with Crippen molar-refractivity contribution in [2.45, 2.75) is 12.6 Å². The lowest BCUT2D eigenvalue weighted by Gasteiger charge is -2.15. The number of carbonyl (C=O) groups excluding carboxylic acids is 1. The number of aromatic nitrogens is 1. The van der Waals surface area contributed by atoms with Crippen LogP contribution in [0, 0.1) is 0 Å². The topological polar surface area (TPSA) is 60.7 Å². The summed E-state index contributed by atoms with van der Waals surface area (Å²) < 4.78 is 13.5. The van der Waals surface area contributed by atoms with Crippen molar-refractivity contribution in [1.82, 2.24) is 4.57 Å². The van der Waals surface area contributed by atoms with E-state index >= 15 is 0 Å². The first-order valence-corrected chi connectivity index (χ1v) is 10.0. The van der Waals surface area contributed by atoms with E-state index in [1.807, 2.05) is 60.7 Å². The molecule has 4 rings (SSSR count). The molecule has 1 heterocycles. The van der Waals surface area contributed by atoms with Gasteiger partial charge in [-0.1, -0.05) is 34.1 Å². The van der Waals surface area contributed by atoms with Gasteiger partial charge in [0.25, 0.3) is 0 Å². The van der Waals surface area contributed by atoms with E-state index in [9.17, 15) is 9.90 Å². The molecule has 5 nitrogen and oxygen atoms in total. The van der Waals surface area contributed by atoms with E-state index in [1.54, 1.807) is 6.07 Å². The van der Waals surface area contributed by atoms with Crippen molar-refractivity contribution in [1.29, 1.82) is 0 Å². The number of ether oxygens (including phenoxy) is 2. The minimum atomic E-state index is -0.696. The number of hydrogen-bond acceptors (Lipinski definition) is 4. The molecule has 0 radical (unpaired) electrons. The molecule has 0 aliphatic carbocycles. The summed E-state index contributed by atoms with van der Waals surface area (Å²) in [4.78, 5) is 12.0. The minimum absolute atomic E-state index is 0.182. The zero-order valence-corrected chi connectivity index (χ0v) is 17.4. The second kappa shape index (κ2) is 8.27. The van der Waals surface area contributed by atoms with E-state index in [0.717, 1.165) is 32.0 Å². The number of carbonyl (C=O) groups is 1. The van der Waals surface area contributed by atoms with E-state index in [-0.39, 0.29) is 12.6 Å². The number of fused-ring (bicyclic) bond motifs is 3. The number of halogens is 1. The Kier molecular flexibility index (Phi) is 5.56. The summed E-state index contributed by atoms with van der Waals surface area (Å²) in [5, 5.41) is 12.5. The van der Waals surface area contributed by atoms with Gasteiger partial charge in [0.1, 0.15) is 18.5 Å². The Morgan fingerprint density at radius 1 is 1.03 bits per heavy atom. The number of rotatable bonds is 6. The van der Waals surface area contributed by atoms with E-state index in [0.29, 0.717) is 12.1 Å². The molecule has 1 unspecified atom stereocenters. The third-order valence-corrected chi connectivity index (χ3v) is 5.32. The zero-order valence-electron chi connectivity index (χ0n) is 15.8. The maximum atomic E-state index is 12.0. The summed E-state index contributed by atoms with van der Waals surface area (Å²) in [6.45, 7) is 0.550. The number of benzene rings is 3. The molecule has 0 saturated carbocycles. The quantitative estimate of drug-likeness (QED) is 0.426. The Labute approximate surface area is 176 Å². The van der Waals surface area contributed by atoms with Crippen molar-refractivity contribution in [3.8, 4) is 5.75 Å². The number of para-hydroxylation sites is 1. The molecule has 1 aromatic heterocycles. The molecule has 148 valence electrons. The van der Waals surface area contributed by atoms with Crippen LogP contribution in [0.3, 0.4) is 0 Å². The Hall–Kier alpha value is -2.83. The average Bonchev–Trinajstić information content (AvgIpc) is 3.04. The molecule has 0 aliphatic rings. The van der Waals surface area contributed by atoms with Gasteiger partial charge in [-0.05, 0) is 48.5 Å².